The van der Waals surface area contributed by atoms with E-state index in [2.05, 4.69) is 5.16 Å². The van der Waals surface area contributed by atoms with E-state index < -0.39 is 0 Å². The van der Waals surface area contributed by atoms with Gasteiger partial charge in [0.1, 0.15) is 6.61 Å². The second-order valence-corrected chi connectivity index (χ2v) is 3.98. The summed E-state index contributed by atoms with van der Waals surface area (Å²) < 4.78 is 5.01. The third-order valence-corrected chi connectivity index (χ3v) is 2.88. The Morgan fingerprint density at radius 1 is 1.73 bits per heavy atom. The normalized spacial score (nSPS) is 29.2. The van der Waals surface area contributed by atoms with E-state index in [0.29, 0.717) is 19.8 Å². The number of fused-ring (bicyclic) bond motifs is 1. The van der Waals surface area contributed by atoms with Crippen LogP contribution in [0.15, 0.2) is 5.16 Å². The Morgan fingerprint density at radius 3 is 3.27 bits per heavy atom. The highest BCUT2D eigenvalue weighted by Crippen LogP contribution is 2.24. The quantitative estimate of drug-likeness (QED) is 0.657. The average Bonchev–Trinajstić information content (AvgIpc) is 2.63. The Balaban J connectivity index is 2.02. The van der Waals surface area contributed by atoms with Crippen LogP contribution in [0.4, 0.5) is 4.79 Å². The predicted octanol–water partition coefficient (Wildman–Crippen LogP) is 1.24. The molecule has 0 aromatic rings. The first-order chi connectivity index (χ1) is 7.22. The van der Waals surface area contributed by atoms with E-state index in [1.807, 2.05) is 13.8 Å². The summed E-state index contributed by atoms with van der Waals surface area (Å²) >= 11 is 0. The predicted molar refractivity (Wildman–Crippen MR) is 54.7 cm³/mol. The van der Waals surface area contributed by atoms with Crippen LogP contribution in [-0.4, -0.2) is 42.5 Å². The number of oxime groups is 1. The molecule has 5 heteroatoms. The van der Waals surface area contributed by atoms with Crippen molar-refractivity contribution in [3.63, 3.8) is 0 Å². The minimum absolute atomic E-state index is 0.153. The Bertz CT molecular complexity index is 290. The van der Waals surface area contributed by atoms with Gasteiger partial charge in [-0.2, -0.15) is 0 Å². The molecule has 2 rings (SSSR count). The lowest BCUT2D eigenvalue weighted by Crippen LogP contribution is -2.49. The van der Waals surface area contributed by atoms with Gasteiger partial charge in [-0.15, -0.1) is 0 Å². The van der Waals surface area contributed by atoms with Crippen LogP contribution < -0.4 is 0 Å². The van der Waals surface area contributed by atoms with Crippen molar-refractivity contribution in [1.82, 2.24) is 4.90 Å². The molecule has 2 aliphatic heterocycles. The van der Waals surface area contributed by atoms with Gasteiger partial charge in [-0.25, -0.2) is 4.79 Å². The standard InChI is InChI=1S/C10H16N2O3/c1-3-14-10(13)12-5-8-6-15-11-9(8)4-7(12)2/h7-8H,3-6H2,1-2H3/t7-,8+/m0/s1. The molecule has 0 radical (unpaired) electrons. The molecule has 0 spiro atoms. The summed E-state index contributed by atoms with van der Waals surface area (Å²) in [5, 5.41) is 3.99. The summed E-state index contributed by atoms with van der Waals surface area (Å²) in [6, 6.07) is 0.153. The van der Waals surface area contributed by atoms with Crippen LogP contribution >= 0.6 is 0 Å². The molecule has 5 nitrogen and oxygen atoms in total. The SMILES string of the molecule is CCOC(=O)N1C[C@@H]2CON=C2C[C@@H]1C. The highest BCUT2D eigenvalue weighted by Gasteiger charge is 2.37. The lowest BCUT2D eigenvalue weighted by molar-refractivity contribution is 0.0793. The highest BCUT2D eigenvalue weighted by molar-refractivity contribution is 5.90. The number of nitrogens with zero attached hydrogens (tertiary/aromatic N) is 2. The van der Waals surface area contributed by atoms with Crippen molar-refractivity contribution in [2.24, 2.45) is 11.1 Å². The van der Waals surface area contributed by atoms with E-state index in [1.165, 1.54) is 0 Å². The van der Waals surface area contributed by atoms with Crippen molar-refractivity contribution in [3.05, 3.63) is 0 Å². The van der Waals surface area contributed by atoms with Gasteiger partial charge >= 0.3 is 6.09 Å². The molecule has 84 valence electrons. The first-order valence-corrected chi connectivity index (χ1v) is 5.34. The minimum Gasteiger partial charge on any atom is -0.450 e. The monoisotopic (exact) mass is 212 g/mol. The summed E-state index contributed by atoms with van der Waals surface area (Å²) in [7, 11) is 0. The van der Waals surface area contributed by atoms with Crippen LogP contribution in [0.25, 0.3) is 0 Å². The maximum Gasteiger partial charge on any atom is 0.410 e. The topological polar surface area (TPSA) is 51.1 Å². The first-order valence-electron chi connectivity index (χ1n) is 5.34. The zero-order chi connectivity index (χ0) is 10.8. The van der Waals surface area contributed by atoms with Crippen molar-refractivity contribution in [3.8, 4) is 0 Å². The highest BCUT2D eigenvalue weighted by atomic mass is 16.6. The van der Waals surface area contributed by atoms with Gasteiger partial charge < -0.3 is 14.5 Å². The molecule has 2 atom stereocenters. The molecule has 15 heavy (non-hydrogen) atoms. The number of rotatable bonds is 1. The molecule has 1 amide bonds. The molecule has 0 unspecified atom stereocenters. The van der Waals surface area contributed by atoms with Crippen LogP contribution in [-0.2, 0) is 9.57 Å². The molecular formula is C10H16N2O3. The van der Waals surface area contributed by atoms with Crippen molar-refractivity contribution in [2.45, 2.75) is 26.3 Å². The van der Waals surface area contributed by atoms with Gasteiger partial charge in [0.2, 0.25) is 0 Å². The van der Waals surface area contributed by atoms with Gasteiger partial charge in [-0.05, 0) is 13.8 Å². The fraction of sp³-hybridized carbons (Fsp3) is 0.800. The number of carbonyl (C=O) groups excluding carboxylic acids is 1. The molecule has 1 fully saturated rings. The zero-order valence-electron chi connectivity index (χ0n) is 9.10. The lowest BCUT2D eigenvalue weighted by atomic mass is 9.93. The van der Waals surface area contributed by atoms with Crippen LogP contribution in [0.2, 0.25) is 0 Å². The van der Waals surface area contributed by atoms with Gasteiger partial charge in [0.05, 0.1) is 18.2 Å². The number of hydrogen-bond donors (Lipinski definition) is 0. The molecule has 0 aromatic carbocycles. The van der Waals surface area contributed by atoms with E-state index >= 15 is 0 Å². The fourth-order valence-electron chi connectivity index (χ4n) is 2.03. The molecule has 2 aliphatic rings. The van der Waals surface area contributed by atoms with E-state index in [0.717, 1.165) is 12.1 Å². The van der Waals surface area contributed by atoms with Crippen LogP contribution in [0.1, 0.15) is 20.3 Å². The van der Waals surface area contributed by atoms with Crippen molar-refractivity contribution < 1.29 is 14.4 Å². The van der Waals surface area contributed by atoms with E-state index in [9.17, 15) is 4.79 Å². The van der Waals surface area contributed by atoms with Crippen LogP contribution in [0.5, 0.6) is 0 Å². The molecule has 2 heterocycles. The molecule has 0 N–H and O–H groups in total. The maximum atomic E-state index is 11.6. The number of likely N-dealkylation sites (tertiary alicyclic amines) is 1. The third kappa shape index (κ3) is 1.91. The van der Waals surface area contributed by atoms with E-state index in [4.69, 9.17) is 9.57 Å². The van der Waals surface area contributed by atoms with Gasteiger partial charge in [-0.1, -0.05) is 5.16 Å². The Labute approximate surface area is 89.0 Å². The lowest BCUT2D eigenvalue weighted by Gasteiger charge is -2.34. The second-order valence-electron chi connectivity index (χ2n) is 3.98. The first kappa shape index (κ1) is 10.3. The summed E-state index contributed by atoms with van der Waals surface area (Å²) in [6.45, 7) is 5.51. The van der Waals surface area contributed by atoms with Crippen molar-refractivity contribution in [1.29, 1.82) is 0 Å². The zero-order valence-corrected chi connectivity index (χ0v) is 9.10. The number of piperidine rings is 1. The Kier molecular flexibility index (Phi) is 2.79. The second kappa shape index (κ2) is 4.08. The van der Waals surface area contributed by atoms with Crippen LogP contribution in [0.3, 0.4) is 0 Å². The third-order valence-electron chi connectivity index (χ3n) is 2.88. The minimum atomic E-state index is -0.226. The summed E-state index contributed by atoms with van der Waals surface area (Å²) in [4.78, 5) is 18.4. The number of ether oxygens (including phenoxy) is 1. The van der Waals surface area contributed by atoms with Gasteiger partial charge in [0.25, 0.3) is 0 Å². The Hall–Kier alpha value is -1.26. The summed E-state index contributed by atoms with van der Waals surface area (Å²) in [6.07, 6.45) is 0.569. The largest absolute Gasteiger partial charge is 0.450 e. The smallest absolute Gasteiger partial charge is 0.410 e. The van der Waals surface area contributed by atoms with E-state index in [-0.39, 0.29) is 18.1 Å². The van der Waals surface area contributed by atoms with Gasteiger partial charge in [-0.3, -0.25) is 0 Å². The van der Waals surface area contributed by atoms with Crippen LogP contribution in [0, 0.1) is 5.92 Å². The Morgan fingerprint density at radius 2 is 2.53 bits per heavy atom. The van der Waals surface area contributed by atoms with Crippen molar-refractivity contribution >= 4 is 11.8 Å². The van der Waals surface area contributed by atoms with Gasteiger partial charge in [0.15, 0.2) is 0 Å². The summed E-state index contributed by atoms with van der Waals surface area (Å²) in [5.74, 6) is 0.269. The van der Waals surface area contributed by atoms with Gasteiger partial charge in [0, 0.05) is 19.0 Å². The molecule has 0 aromatic heterocycles. The molecule has 0 saturated carbocycles. The molecule has 0 bridgehead atoms. The van der Waals surface area contributed by atoms with E-state index in [1.54, 1.807) is 4.90 Å². The molecule has 0 aliphatic carbocycles. The fourth-order valence-corrected chi connectivity index (χ4v) is 2.03. The average molecular weight is 212 g/mol. The molecular weight excluding hydrogens is 196 g/mol. The number of hydrogen-bond acceptors (Lipinski definition) is 4. The number of amides is 1. The summed E-state index contributed by atoms with van der Waals surface area (Å²) in [5.41, 5.74) is 1.09. The molecule has 1 saturated heterocycles. The van der Waals surface area contributed by atoms with Crippen molar-refractivity contribution in [2.75, 3.05) is 19.8 Å². The number of carbonyl (C=O) groups is 1. The maximum absolute atomic E-state index is 11.6.